The molecule has 1 saturated carbocycles. The molecule has 0 spiro atoms. The van der Waals surface area contributed by atoms with Crippen LogP contribution in [0.15, 0.2) is 0 Å². The van der Waals surface area contributed by atoms with Gasteiger partial charge in [-0.25, -0.2) is 0 Å². The molecule has 1 saturated heterocycles. The summed E-state index contributed by atoms with van der Waals surface area (Å²) in [6, 6.07) is 0. The molecule has 0 aromatic rings. The predicted octanol–water partition coefficient (Wildman–Crippen LogP) is 3.15. The number of hydrogen-bond donors (Lipinski definition) is 1. The summed E-state index contributed by atoms with van der Waals surface area (Å²) in [7, 11) is 0. The molecule has 1 aliphatic heterocycles. The van der Waals surface area contributed by atoms with Crippen LogP contribution in [-0.4, -0.2) is 36.6 Å². The van der Waals surface area contributed by atoms with Gasteiger partial charge >= 0.3 is 0 Å². The van der Waals surface area contributed by atoms with E-state index in [0.29, 0.717) is 18.4 Å². The monoisotopic (exact) mass is 270 g/mol. The zero-order valence-corrected chi connectivity index (χ0v) is 12.6. The highest BCUT2D eigenvalue weighted by Crippen LogP contribution is 2.41. The van der Waals surface area contributed by atoms with Gasteiger partial charge in [0.2, 0.25) is 0 Å². The second-order valence-corrected chi connectivity index (χ2v) is 6.17. The van der Waals surface area contributed by atoms with Gasteiger partial charge in [-0.15, -0.1) is 0 Å². The lowest BCUT2D eigenvalue weighted by Crippen LogP contribution is -2.54. The van der Waals surface area contributed by atoms with Crippen LogP contribution in [0.2, 0.25) is 0 Å². The van der Waals surface area contributed by atoms with Gasteiger partial charge < -0.3 is 14.6 Å². The minimum Gasteiger partial charge on any atom is -0.390 e. The maximum absolute atomic E-state index is 11.0. The molecule has 0 aromatic heterocycles. The van der Waals surface area contributed by atoms with E-state index in [9.17, 15) is 5.11 Å². The van der Waals surface area contributed by atoms with Crippen LogP contribution in [0.4, 0.5) is 0 Å². The third-order valence-electron chi connectivity index (χ3n) is 5.21. The summed E-state index contributed by atoms with van der Waals surface area (Å²) in [6.45, 7) is 6.41. The number of aliphatic hydroxyl groups is 1. The molecule has 1 aliphatic carbocycles. The summed E-state index contributed by atoms with van der Waals surface area (Å²) < 4.78 is 11.5. The second kappa shape index (κ2) is 7.05. The molecule has 2 fully saturated rings. The zero-order valence-electron chi connectivity index (χ0n) is 12.6. The van der Waals surface area contributed by atoms with Gasteiger partial charge in [-0.05, 0) is 25.2 Å². The smallest absolute Gasteiger partial charge is 0.0986 e. The average Bonchev–Trinajstić information content (AvgIpc) is 2.47. The van der Waals surface area contributed by atoms with E-state index in [2.05, 4.69) is 6.92 Å². The molecule has 0 aromatic carbocycles. The Balaban J connectivity index is 2.10. The van der Waals surface area contributed by atoms with Crippen molar-refractivity contribution in [2.45, 2.75) is 70.5 Å². The average molecular weight is 270 g/mol. The second-order valence-electron chi connectivity index (χ2n) is 6.17. The molecule has 2 aliphatic rings. The van der Waals surface area contributed by atoms with Gasteiger partial charge in [0.15, 0.2) is 0 Å². The van der Waals surface area contributed by atoms with E-state index in [1.54, 1.807) is 0 Å². The summed E-state index contributed by atoms with van der Waals surface area (Å²) in [5.41, 5.74) is -0.345. The fraction of sp³-hybridized carbons (Fsp3) is 1.00. The lowest BCUT2D eigenvalue weighted by molar-refractivity contribution is -0.188. The first-order valence-electron chi connectivity index (χ1n) is 8.13. The molecule has 1 heterocycles. The molecule has 0 radical (unpaired) electrons. The van der Waals surface area contributed by atoms with Gasteiger partial charge in [0.25, 0.3) is 0 Å². The maximum Gasteiger partial charge on any atom is 0.0986 e. The van der Waals surface area contributed by atoms with Crippen molar-refractivity contribution in [2.24, 2.45) is 11.8 Å². The van der Waals surface area contributed by atoms with Gasteiger partial charge in [0, 0.05) is 32.7 Å². The number of ether oxygens (including phenoxy) is 2. The van der Waals surface area contributed by atoms with E-state index in [1.165, 1.54) is 25.7 Å². The Hall–Kier alpha value is -0.120. The molecule has 2 rings (SSSR count). The highest BCUT2D eigenvalue weighted by Gasteiger charge is 2.46. The van der Waals surface area contributed by atoms with E-state index < -0.39 is 0 Å². The Kier molecular flexibility index (Phi) is 5.67. The molecular formula is C16H30O3. The number of aliphatic hydroxyl groups excluding tert-OH is 1. The van der Waals surface area contributed by atoms with E-state index in [-0.39, 0.29) is 11.7 Å². The molecule has 112 valence electrons. The quantitative estimate of drug-likeness (QED) is 0.834. The molecule has 3 atom stereocenters. The molecule has 3 nitrogen and oxygen atoms in total. The van der Waals surface area contributed by atoms with Crippen LogP contribution in [0.1, 0.15) is 58.8 Å². The SMILES string of the molecule is CCOC1(C(O)C2CCCCC2CC)CCOCC1. The lowest BCUT2D eigenvalue weighted by atomic mass is 9.69. The van der Waals surface area contributed by atoms with Crippen molar-refractivity contribution in [2.75, 3.05) is 19.8 Å². The first kappa shape index (κ1) is 15.3. The molecule has 0 amide bonds. The van der Waals surface area contributed by atoms with Crippen LogP contribution >= 0.6 is 0 Å². The predicted molar refractivity (Wildman–Crippen MR) is 76.2 cm³/mol. The fourth-order valence-corrected chi connectivity index (χ4v) is 4.08. The summed E-state index contributed by atoms with van der Waals surface area (Å²) in [5, 5.41) is 11.0. The summed E-state index contributed by atoms with van der Waals surface area (Å²) in [6.07, 6.45) is 7.57. The third kappa shape index (κ3) is 3.32. The third-order valence-corrected chi connectivity index (χ3v) is 5.21. The van der Waals surface area contributed by atoms with Gasteiger partial charge in [-0.2, -0.15) is 0 Å². The zero-order chi connectivity index (χ0) is 13.7. The molecule has 0 bridgehead atoms. The highest BCUT2D eigenvalue weighted by atomic mass is 16.5. The van der Waals surface area contributed by atoms with Crippen LogP contribution in [-0.2, 0) is 9.47 Å². The highest BCUT2D eigenvalue weighted by molar-refractivity contribution is 4.96. The lowest BCUT2D eigenvalue weighted by Gasteiger charge is -2.46. The Bertz CT molecular complexity index is 255. The van der Waals surface area contributed by atoms with Crippen molar-refractivity contribution >= 4 is 0 Å². The standard InChI is InChI=1S/C16H30O3/c1-3-13-7-5-6-8-14(13)15(17)16(19-4-2)9-11-18-12-10-16/h13-15,17H,3-12H2,1-2H3. The van der Waals surface area contributed by atoms with Crippen LogP contribution in [0, 0.1) is 11.8 Å². The van der Waals surface area contributed by atoms with Crippen molar-refractivity contribution in [3.8, 4) is 0 Å². The normalized spacial score (nSPS) is 33.0. The van der Waals surface area contributed by atoms with Crippen LogP contribution in [0.5, 0.6) is 0 Å². The summed E-state index contributed by atoms with van der Waals surface area (Å²) in [5.74, 6) is 1.09. The summed E-state index contributed by atoms with van der Waals surface area (Å²) in [4.78, 5) is 0. The summed E-state index contributed by atoms with van der Waals surface area (Å²) >= 11 is 0. The number of hydrogen-bond acceptors (Lipinski definition) is 3. The largest absolute Gasteiger partial charge is 0.390 e. The van der Waals surface area contributed by atoms with Crippen LogP contribution < -0.4 is 0 Å². The van der Waals surface area contributed by atoms with Crippen molar-refractivity contribution in [1.29, 1.82) is 0 Å². The Morgan fingerprint density at radius 3 is 2.53 bits per heavy atom. The van der Waals surface area contributed by atoms with Gasteiger partial charge in [0.05, 0.1) is 11.7 Å². The van der Waals surface area contributed by atoms with Crippen LogP contribution in [0.3, 0.4) is 0 Å². The molecule has 1 N–H and O–H groups in total. The van der Waals surface area contributed by atoms with E-state index in [4.69, 9.17) is 9.47 Å². The van der Waals surface area contributed by atoms with Crippen LogP contribution in [0.25, 0.3) is 0 Å². The first-order valence-corrected chi connectivity index (χ1v) is 8.13. The van der Waals surface area contributed by atoms with Gasteiger partial charge in [-0.1, -0.05) is 32.6 Å². The van der Waals surface area contributed by atoms with E-state index >= 15 is 0 Å². The Labute approximate surface area is 117 Å². The molecule has 3 unspecified atom stereocenters. The maximum atomic E-state index is 11.0. The number of rotatable bonds is 5. The van der Waals surface area contributed by atoms with Crippen molar-refractivity contribution in [3.63, 3.8) is 0 Å². The fourth-order valence-electron chi connectivity index (χ4n) is 4.08. The topological polar surface area (TPSA) is 38.7 Å². The molecule has 3 heteroatoms. The van der Waals surface area contributed by atoms with Crippen molar-refractivity contribution in [3.05, 3.63) is 0 Å². The minimum atomic E-state index is -0.345. The van der Waals surface area contributed by atoms with E-state index in [0.717, 1.165) is 32.5 Å². The first-order chi connectivity index (χ1) is 9.23. The van der Waals surface area contributed by atoms with E-state index in [1.807, 2.05) is 6.92 Å². The molecular weight excluding hydrogens is 240 g/mol. The van der Waals surface area contributed by atoms with Crippen molar-refractivity contribution in [1.82, 2.24) is 0 Å². The van der Waals surface area contributed by atoms with Gasteiger partial charge in [0.1, 0.15) is 0 Å². The van der Waals surface area contributed by atoms with Crippen molar-refractivity contribution < 1.29 is 14.6 Å². The van der Waals surface area contributed by atoms with Gasteiger partial charge in [-0.3, -0.25) is 0 Å². The molecule has 19 heavy (non-hydrogen) atoms. The Morgan fingerprint density at radius 1 is 1.21 bits per heavy atom. The minimum absolute atomic E-state index is 0.318. The Morgan fingerprint density at radius 2 is 1.89 bits per heavy atom.